The second kappa shape index (κ2) is 6.95. The van der Waals surface area contributed by atoms with Gasteiger partial charge >= 0.3 is 12.0 Å². The first-order valence-corrected chi connectivity index (χ1v) is 7.96. The Morgan fingerprint density at radius 1 is 1.18 bits per heavy atom. The third-order valence-electron chi connectivity index (χ3n) is 4.14. The first kappa shape index (κ1) is 15.1. The molecule has 2 amide bonds. The van der Waals surface area contributed by atoms with Crippen molar-refractivity contribution in [1.82, 2.24) is 20.0 Å². The van der Waals surface area contributed by atoms with Gasteiger partial charge in [-0.2, -0.15) is 0 Å². The van der Waals surface area contributed by atoms with Crippen molar-refractivity contribution in [3.05, 3.63) is 5.89 Å². The van der Waals surface area contributed by atoms with Crippen molar-refractivity contribution in [1.29, 1.82) is 0 Å². The highest BCUT2D eigenvalue weighted by Gasteiger charge is 2.27. The van der Waals surface area contributed by atoms with Crippen LogP contribution in [0.25, 0.3) is 0 Å². The second-order valence-corrected chi connectivity index (χ2v) is 5.64. The van der Waals surface area contributed by atoms with E-state index in [4.69, 9.17) is 9.15 Å². The maximum atomic E-state index is 12.4. The molecule has 0 saturated carbocycles. The highest BCUT2D eigenvalue weighted by Crippen LogP contribution is 2.17. The van der Waals surface area contributed by atoms with E-state index >= 15 is 0 Å². The molecule has 0 unspecified atom stereocenters. The predicted molar refractivity (Wildman–Crippen MR) is 79.7 cm³/mol. The Kier molecular flexibility index (Phi) is 4.77. The van der Waals surface area contributed by atoms with E-state index in [2.05, 4.69) is 15.5 Å². The van der Waals surface area contributed by atoms with Crippen molar-refractivity contribution in [2.24, 2.45) is 0 Å². The van der Waals surface area contributed by atoms with Gasteiger partial charge in [-0.1, -0.05) is 12.0 Å². The van der Waals surface area contributed by atoms with Crippen molar-refractivity contribution in [3.8, 4) is 0 Å². The number of morpholine rings is 1. The fourth-order valence-corrected chi connectivity index (χ4v) is 2.80. The topological polar surface area (TPSA) is 83.7 Å². The number of likely N-dealkylation sites (tertiary alicyclic amines) is 1. The standard InChI is InChI=1S/C14H23N5O3/c1-2-12-16-17-13(22-12)15-11-3-5-18(6-4-11)14(20)19-7-9-21-10-8-19/h11H,2-10H2,1H3,(H,15,17). The molecule has 1 aromatic rings. The molecule has 1 aromatic heterocycles. The van der Waals surface area contributed by atoms with Crippen LogP contribution >= 0.6 is 0 Å². The fourth-order valence-electron chi connectivity index (χ4n) is 2.80. The molecule has 2 aliphatic heterocycles. The first-order chi connectivity index (χ1) is 10.8. The van der Waals surface area contributed by atoms with Crippen molar-refractivity contribution in [2.45, 2.75) is 32.2 Å². The number of urea groups is 1. The van der Waals surface area contributed by atoms with Crippen LogP contribution in [0.2, 0.25) is 0 Å². The second-order valence-electron chi connectivity index (χ2n) is 5.64. The van der Waals surface area contributed by atoms with Gasteiger partial charge in [-0.15, -0.1) is 5.10 Å². The summed E-state index contributed by atoms with van der Waals surface area (Å²) >= 11 is 0. The largest absolute Gasteiger partial charge is 0.408 e. The van der Waals surface area contributed by atoms with Gasteiger partial charge in [0.25, 0.3) is 0 Å². The van der Waals surface area contributed by atoms with Crippen molar-refractivity contribution in [3.63, 3.8) is 0 Å². The minimum Gasteiger partial charge on any atom is -0.408 e. The molecule has 3 heterocycles. The monoisotopic (exact) mass is 309 g/mol. The van der Waals surface area contributed by atoms with E-state index in [0.717, 1.165) is 32.4 Å². The summed E-state index contributed by atoms with van der Waals surface area (Å²) in [4.78, 5) is 16.2. The Bertz CT molecular complexity index is 492. The summed E-state index contributed by atoms with van der Waals surface area (Å²) in [6.07, 6.45) is 2.51. The Balaban J connectivity index is 1.46. The van der Waals surface area contributed by atoms with Gasteiger partial charge in [-0.3, -0.25) is 0 Å². The van der Waals surface area contributed by atoms with E-state index in [1.165, 1.54) is 0 Å². The Morgan fingerprint density at radius 2 is 1.86 bits per heavy atom. The first-order valence-electron chi connectivity index (χ1n) is 7.96. The van der Waals surface area contributed by atoms with Gasteiger partial charge in [0.15, 0.2) is 0 Å². The Labute approximate surface area is 129 Å². The van der Waals surface area contributed by atoms with Crippen LogP contribution in [0.5, 0.6) is 0 Å². The van der Waals surface area contributed by atoms with Crippen LogP contribution in [0, 0.1) is 0 Å². The molecule has 22 heavy (non-hydrogen) atoms. The summed E-state index contributed by atoms with van der Waals surface area (Å²) in [7, 11) is 0. The van der Waals surface area contributed by atoms with Crippen LogP contribution in [0.1, 0.15) is 25.7 Å². The number of ether oxygens (including phenoxy) is 1. The van der Waals surface area contributed by atoms with Crippen molar-refractivity contribution >= 4 is 12.0 Å². The lowest BCUT2D eigenvalue weighted by molar-refractivity contribution is 0.0414. The summed E-state index contributed by atoms with van der Waals surface area (Å²) in [6.45, 7) is 6.15. The van der Waals surface area contributed by atoms with E-state index in [1.807, 2.05) is 16.7 Å². The molecule has 2 fully saturated rings. The van der Waals surface area contributed by atoms with Crippen LogP contribution in [0.4, 0.5) is 10.8 Å². The number of nitrogens with zero attached hydrogens (tertiary/aromatic N) is 4. The number of aromatic nitrogens is 2. The molecule has 2 aliphatic rings. The van der Waals surface area contributed by atoms with Gasteiger partial charge in [-0.05, 0) is 12.8 Å². The van der Waals surface area contributed by atoms with E-state index in [-0.39, 0.29) is 12.1 Å². The molecule has 8 nitrogen and oxygen atoms in total. The third-order valence-corrected chi connectivity index (χ3v) is 4.14. The summed E-state index contributed by atoms with van der Waals surface area (Å²) in [5.74, 6) is 0.641. The zero-order chi connectivity index (χ0) is 15.4. The summed E-state index contributed by atoms with van der Waals surface area (Å²) in [5, 5.41) is 11.2. The number of rotatable bonds is 3. The molecule has 0 spiro atoms. The highest BCUT2D eigenvalue weighted by atomic mass is 16.5. The Morgan fingerprint density at radius 3 is 2.50 bits per heavy atom. The molecule has 0 aliphatic carbocycles. The normalized spacial score (nSPS) is 20.2. The van der Waals surface area contributed by atoms with Crippen LogP contribution in [-0.4, -0.2) is 71.5 Å². The molecule has 0 aromatic carbocycles. The average Bonchev–Trinajstić information content (AvgIpc) is 3.03. The lowest BCUT2D eigenvalue weighted by Gasteiger charge is -2.37. The van der Waals surface area contributed by atoms with E-state index in [9.17, 15) is 4.79 Å². The van der Waals surface area contributed by atoms with Crippen LogP contribution in [0.15, 0.2) is 4.42 Å². The number of carbonyl (C=O) groups excluding carboxylic acids is 1. The molecule has 1 N–H and O–H groups in total. The minimum atomic E-state index is 0.132. The molecular formula is C14H23N5O3. The van der Waals surface area contributed by atoms with E-state index in [0.29, 0.717) is 38.2 Å². The van der Waals surface area contributed by atoms with Gasteiger partial charge in [0.1, 0.15) is 0 Å². The van der Waals surface area contributed by atoms with Gasteiger partial charge in [0.2, 0.25) is 5.89 Å². The summed E-state index contributed by atoms with van der Waals surface area (Å²) < 4.78 is 10.8. The Hall–Kier alpha value is -1.83. The smallest absolute Gasteiger partial charge is 0.320 e. The molecule has 2 saturated heterocycles. The summed E-state index contributed by atoms with van der Waals surface area (Å²) in [6, 6.07) is 0.890. The SMILES string of the molecule is CCc1nnc(NC2CCN(C(=O)N3CCOCC3)CC2)o1. The van der Waals surface area contributed by atoms with E-state index in [1.54, 1.807) is 0 Å². The van der Waals surface area contributed by atoms with E-state index < -0.39 is 0 Å². The number of hydrogen-bond acceptors (Lipinski definition) is 6. The maximum Gasteiger partial charge on any atom is 0.320 e. The number of anilines is 1. The number of hydrogen-bond donors (Lipinski definition) is 1. The number of nitrogens with one attached hydrogen (secondary N) is 1. The number of piperidine rings is 1. The molecule has 0 bridgehead atoms. The lowest BCUT2D eigenvalue weighted by atomic mass is 10.1. The fraction of sp³-hybridized carbons (Fsp3) is 0.786. The quantitative estimate of drug-likeness (QED) is 0.895. The highest BCUT2D eigenvalue weighted by molar-refractivity contribution is 5.74. The molecule has 0 atom stereocenters. The number of amides is 2. The molecule has 0 radical (unpaired) electrons. The molecule has 122 valence electrons. The third kappa shape index (κ3) is 3.49. The average molecular weight is 309 g/mol. The molecule has 3 rings (SSSR count). The van der Waals surface area contributed by atoms with Crippen molar-refractivity contribution in [2.75, 3.05) is 44.7 Å². The van der Waals surface area contributed by atoms with Crippen LogP contribution < -0.4 is 5.32 Å². The molecule has 8 heteroatoms. The molecular weight excluding hydrogens is 286 g/mol. The van der Waals surface area contributed by atoms with Crippen molar-refractivity contribution < 1.29 is 13.9 Å². The zero-order valence-electron chi connectivity index (χ0n) is 13.0. The number of carbonyl (C=O) groups is 1. The van der Waals surface area contributed by atoms with Crippen LogP contribution in [0.3, 0.4) is 0 Å². The lowest BCUT2D eigenvalue weighted by Crippen LogP contribution is -2.51. The summed E-state index contributed by atoms with van der Waals surface area (Å²) in [5.41, 5.74) is 0. The predicted octanol–water partition coefficient (Wildman–Crippen LogP) is 0.960. The minimum absolute atomic E-state index is 0.132. The number of aryl methyl sites for hydroxylation is 1. The maximum absolute atomic E-state index is 12.4. The van der Waals surface area contributed by atoms with Gasteiger partial charge in [0, 0.05) is 38.6 Å². The zero-order valence-corrected chi connectivity index (χ0v) is 13.0. The van der Waals surface area contributed by atoms with Crippen LogP contribution in [-0.2, 0) is 11.2 Å². The van der Waals surface area contributed by atoms with Gasteiger partial charge in [0.05, 0.1) is 13.2 Å². The van der Waals surface area contributed by atoms with Gasteiger partial charge < -0.3 is 24.3 Å². The van der Waals surface area contributed by atoms with Gasteiger partial charge in [-0.25, -0.2) is 4.79 Å².